The molecule has 0 aliphatic rings. The third-order valence-corrected chi connectivity index (χ3v) is 8.30. The van der Waals surface area contributed by atoms with E-state index < -0.39 is 19.7 Å². The first-order chi connectivity index (χ1) is 20.6. The van der Waals surface area contributed by atoms with Gasteiger partial charge in [0.15, 0.2) is 0 Å². The minimum atomic E-state index is -0.693. The quantitative estimate of drug-likeness (QED) is 0.110. The molecule has 3 aromatic carbocycles. The Morgan fingerprint density at radius 3 is 1.37 bits per heavy atom. The summed E-state index contributed by atoms with van der Waals surface area (Å²) in [5.41, 5.74) is 0.833. The summed E-state index contributed by atoms with van der Waals surface area (Å²) in [6.07, 6.45) is 0. The number of nitrogens with one attached hydrogen (secondary N) is 2. The van der Waals surface area contributed by atoms with Crippen LogP contribution < -0.4 is 0 Å². The fraction of sp³-hybridized carbons (Fsp3) is 0.0370. The standard InChI is InChI=1S/C27H18N6O8S2/c34-30(35)17-6-10-23(21(14-17)32(38)39)42-25-12-8-19(28-25)27(16-4-2-1-3-5-16)20-9-13-26(29-20)43-24-11-7-18(31(36)37)15-22(24)33(40)41/h1-15,27-29H. The minimum absolute atomic E-state index is 0.225. The number of non-ortho nitro benzene ring substituents is 2. The Labute approximate surface area is 249 Å². The molecule has 5 aromatic rings. The normalized spacial score (nSPS) is 11.0. The molecule has 0 fully saturated rings. The van der Waals surface area contributed by atoms with Crippen molar-refractivity contribution in [2.24, 2.45) is 0 Å². The van der Waals surface area contributed by atoms with Crippen molar-refractivity contribution in [3.8, 4) is 0 Å². The van der Waals surface area contributed by atoms with E-state index in [-0.39, 0.29) is 38.5 Å². The number of nitro groups is 4. The van der Waals surface area contributed by atoms with Gasteiger partial charge >= 0.3 is 0 Å². The third kappa shape index (κ3) is 6.39. The Morgan fingerprint density at radius 2 is 0.977 bits per heavy atom. The van der Waals surface area contributed by atoms with E-state index in [2.05, 4.69) is 9.97 Å². The molecule has 0 aliphatic carbocycles. The first kappa shape index (κ1) is 29.0. The van der Waals surface area contributed by atoms with Gasteiger partial charge in [0.2, 0.25) is 0 Å². The number of hydrogen-bond acceptors (Lipinski definition) is 10. The number of rotatable bonds is 11. The number of nitro benzene ring substituents is 4. The summed E-state index contributed by atoms with van der Waals surface area (Å²) in [5, 5.41) is 46.5. The van der Waals surface area contributed by atoms with Crippen LogP contribution in [0.5, 0.6) is 0 Å². The van der Waals surface area contributed by atoms with Crippen LogP contribution in [0.2, 0.25) is 0 Å². The third-order valence-electron chi connectivity index (χ3n) is 6.26. The van der Waals surface area contributed by atoms with Crippen molar-refractivity contribution in [3.63, 3.8) is 0 Å². The molecular formula is C27H18N6O8S2. The fourth-order valence-corrected chi connectivity index (χ4v) is 6.18. The Balaban J connectivity index is 1.46. The maximum Gasteiger partial charge on any atom is 0.290 e. The minimum Gasteiger partial charge on any atom is -0.352 e. The average Bonchev–Trinajstić information content (AvgIpc) is 3.63. The van der Waals surface area contributed by atoms with Gasteiger partial charge in [0.1, 0.15) is 0 Å². The maximum atomic E-state index is 11.6. The molecule has 2 heterocycles. The number of H-pyrrole nitrogens is 2. The van der Waals surface area contributed by atoms with Crippen LogP contribution in [0.4, 0.5) is 22.7 Å². The van der Waals surface area contributed by atoms with Crippen LogP contribution in [0.1, 0.15) is 22.9 Å². The number of aromatic nitrogens is 2. The smallest absolute Gasteiger partial charge is 0.290 e. The van der Waals surface area contributed by atoms with E-state index in [4.69, 9.17) is 0 Å². The Kier molecular flexibility index (Phi) is 8.22. The molecule has 5 rings (SSSR count). The zero-order valence-corrected chi connectivity index (χ0v) is 23.2. The largest absolute Gasteiger partial charge is 0.352 e. The van der Waals surface area contributed by atoms with Crippen LogP contribution in [0, 0.1) is 40.5 Å². The first-order valence-corrected chi connectivity index (χ1v) is 13.9. The summed E-state index contributed by atoms with van der Waals surface area (Å²) in [6.45, 7) is 0. The van der Waals surface area contributed by atoms with Gasteiger partial charge in [-0.25, -0.2) is 0 Å². The van der Waals surface area contributed by atoms with Gasteiger partial charge in [-0.15, -0.1) is 0 Å². The second-order valence-electron chi connectivity index (χ2n) is 8.94. The van der Waals surface area contributed by atoms with Gasteiger partial charge in [-0.1, -0.05) is 53.9 Å². The van der Waals surface area contributed by atoms with E-state index in [0.717, 1.165) is 52.6 Å². The number of aromatic amines is 2. The lowest BCUT2D eigenvalue weighted by atomic mass is 9.93. The number of nitrogens with zero attached hydrogens (tertiary/aromatic N) is 4. The van der Waals surface area contributed by atoms with E-state index in [1.807, 2.05) is 42.5 Å². The second kappa shape index (κ2) is 12.2. The average molecular weight is 619 g/mol. The van der Waals surface area contributed by atoms with E-state index in [9.17, 15) is 40.5 Å². The monoisotopic (exact) mass is 618 g/mol. The summed E-state index contributed by atoms with van der Waals surface area (Å²) < 4.78 is 0. The molecule has 0 aliphatic heterocycles. The van der Waals surface area contributed by atoms with Crippen LogP contribution >= 0.6 is 23.5 Å². The molecule has 0 bridgehead atoms. The molecule has 0 unspecified atom stereocenters. The molecule has 0 atom stereocenters. The van der Waals surface area contributed by atoms with Gasteiger partial charge < -0.3 is 9.97 Å². The van der Waals surface area contributed by atoms with Crippen LogP contribution in [0.15, 0.2) is 111 Å². The summed E-state index contributed by atoms with van der Waals surface area (Å²) in [4.78, 5) is 49.7. The maximum absolute atomic E-state index is 11.6. The zero-order valence-electron chi connectivity index (χ0n) is 21.6. The molecule has 0 spiro atoms. The molecule has 0 amide bonds. The van der Waals surface area contributed by atoms with Crippen LogP contribution in [-0.4, -0.2) is 29.7 Å². The molecule has 14 nitrogen and oxygen atoms in total. The van der Waals surface area contributed by atoms with Gasteiger partial charge in [0, 0.05) is 23.5 Å². The molecule has 0 saturated heterocycles. The first-order valence-electron chi connectivity index (χ1n) is 12.2. The highest BCUT2D eigenvalue weighted by molar-refractivity contribution is 7.99. The zero-order chi connectivity index (χ0) is 30.7. The number of benzene rings is 3. The molecule has 0 radical (unpaired) electrons. The van der Waals surface area contributed by atoms with Gasteiger partial charge in [-0.05, 0) is 42.0 Å². The van der Waals surface area contributed by atoms with Crippen molar-refractivity contribution in [3.05, 3.63) is 148 Å². The predicted molar refractivity (Wildman–Crippen MR) is 157 cm³/mol. The number of hydrogen-bond donors (Lipinski definition) is 2. The molecule has 2 N–H and O–H groups in total. The SMILES string of the molecule is O=[N+]([O-])c1ccc(Sc2ccc(C(c3ccccc3)c3ccc(Sc4ccc([N+](=O)[O-])cc4[N+](=O)[O-])[nH]3)[nH]2)c([N+](=O)[O-])c1. The molecule has 43 heavy (non-hydrogen) atoms. The summed E-state index contributed by atoms with van der Waals surface area (Å²) in [7, 11) is 0. The fourth-order valence-electron chi connectivity index (χ4n) is 4.34. The van der Waals surface area contributed by atoms with Crippen molar-refractivity contribution in [2.45, 2.75) is 25.8 Å². The molecule has 16 heteroatoms. The van der Waals surface area contributed by atoms with Gasteiger partial charge in [0.25, 0.3) is 22.7 Å². The van der Waals surface area contributed by atoms with E-state index in [0.29, 0.717) is 10.1 Å². The van der Waals surface area contributed by atoms with Crippen molar-refractivity contribution in [1.82, 2.24) is 9.97 Å². The van der Waals surface area contributed by atoms with Crippen molar-refractivity contribution in [1.29, 1.82) is 0 Å². The Morgan fingerprint density at radius 1 is 0.535 bits per heavy atom. The van der Waals surface area contributed by atoms with Gasteiger partial charge in [0.05, 0.1) is 57.6 Å². The van der Waals surface area contributed by atoms with Gasteiger partial charge in [-0.2, -0.15) is 0 Å². The van der Waals surface area contributed by atoms with Crippen molar-refractivity contribution < 1.29 is 19.7 Å². The molecule has 216 valence electrons. The lowest BCUT2D eigenvalue weighted by molar-refractivity contribution is -0.396. The van der Waals surface area contributed by atoms with E-state index >= 15 is 0 Å². The topological polar surface area (TPSA) is 204 Å². The lowest BCUT2D eigenvalue weighted by Gasteiger charge is -2.15. The molecule has 0 saturated carbocycles. The second-order valence-corrected chi connectivity index (χ2v) is 11.1. The van der Waals surface area contributed by atoms with E-state index in [1.54, 1.807) is 12.1 Å². The van der Waals surface area contributed by atoms with Crippen molar-refractivity contribution in [2.75, 3.05) is 0 Å². The predicted octanol–water partition coefficient (Wildman–Crippen LogP) is 7.46. The summed E-state index contributed by atoms with van der Waals surface area (Å²) in [5.74, 6) is -0.358. The Hall–Kier alpha value is -5.48. The molecular weight excluding hydrogens is 600 g/mol. The Bertz CT molecular complexity index is 1760. The highest BCUT2D eigenvalue weighted by Gasteiger charge is 2.25. The van der Waals surface area contributed by atoms with Crippen LogP contribution in [0.3, 0.4) is 0 Å². The van der Waals surface area contributed by atoms with Crippen molar-refractivity contribution >= 4 is 46.3 Å². The highest BCUT2D eigenvalue weighted by atomic mass is 32.2. The summed E-state index contributed by atoms with van der Waals surface area (Å²) in [6, 6.07) is 23.6. The van der Waals surface area contributed by atoms with E-state index in [1.165, 1.54) is 24.3 Å². The van der Waals surface area contributed by atoms with Crippen LogP contribution in [0.25, 0.3) is 0 Å². The summed E-state index contributed by atoms with van der Waals surface area (Å²) >= 11 is 2.12. The molecule has 2 aromatic heterocycles. The van der Waals surface area contributed by atoms with Gasteiger partial charge in [-0.3, -0.25) is 40.5 Å². The lowest BCUT2D eigenvalue weighted by Crippen LogP contribution is -2.04. The highest BCUT2D eigenvalue weighted by Crippen LogP contribution is 2.41. The van der Waals surface area contributed by atoms with Crippen LogP contribution in [-0.2, 0) is 0 Å².